The third-order valence-corrected chi connectivity index (χ3v) is 9.16. The number of halogens is 2. The summed E-state index contributed by atoms with van der Waals surface area (Å²) in [5.74, 6) is 0. The molecular weight excluding hydrogens is 830 g/mol. The van der Waals surface area contributed by atoms with Crippen LogP contribution in [0.1, 0.15) is 75.6 Å². The molecule has 0 saturated heterocycles. The van der Waals surface area contributed by atoms with Gasteiger partial charge in [-0.3, -0.25) is 0 Å². The van der Waals surface area contributed by atoms with Crippen molar-refractivity contribution in [1.82, 2.24) is 0 Å². The molecule has 4 heteroatoms. The van der Waals surface area contributed by atoms with Crippen molar-refractivity contribution < 1.29 is 77.2 Å². The molecule has 0 fully saturated rings. The van der Waals surface area contributed by atoms with Gasteiger partial charge in [0, 0.05) is 0 Å². The number of benzene rings is 4. The van der Waals surface area contributed by atoms with Gasteiger partial charge in [0.05, 0.1) is 0 Å². The summed E-state index contributed by atoms with van der Waals surface area (Å²) in [6.07, 6.45) is 9.73. The molecule has 0 amide bonds. The van der Waals surface area contributed by atoms with Gasteiger partial charge in [-0.1, -0.05) is 103 Å². The fourth-order valence-electron chi connectivity index (χ4n) is 6.81. The minimum atomic E-state index is 0. The molecule has 0 N–H and O–H groups in total. The maximum Gasteiger partial charge on any atom is 2.00 e. The van der Waals surface area contributed by atoms with Crippen LogP contribution < -0.4 is 24.8 Å². The summed E-state index contributed by atoms with van der Waals surface area (Å²) in [6.45, 7) is 8.90. The van der Waals surface area contributed by atoms with Crippen molar-refractivity contribution in [3.05, 3.63) is 168 Å². The monoisotopic (exact) mass is 878 g/mol. The second kappa shape index (κ2) is 25.6. The Morgan fingerprint density at radius 2 is 0.500 bits per heavy atom. The smallest absolute Gasteiger partial charge is 1.00 e. The van der Waals surface area contributed by atoms with Crippen molar-refractivity contribution in [1.29, 1.82) is 0 Å². The number of rotatable bonds is 8. The SMILES string of the molecule is CCC[c-]1ccc2ccccc21.CCC[c-]1ccc2ccccc21.CCC[c-]1ccc2ccccc21.CCC[c-]1ccc2ccccc21.[Cl-].[Cl-].[Zr+2].[Zr+2]. The van der Waals surface area contributed by atoms with Gasteiger partial charge >= 0.3 is 52.4 Å². The molecule has 0 saturated carbocycles. The minimum absolute atomic E-state index is 0. The second-order valence-corrected chi connectivity index (χ2v) is 12.8. The molecule has 52 heavy (non-hydrogen) atoms. The number of hydrogen-bond donors (Lipinski definition) is 0. The summed E-state index contributed by atoms with van der Waals surface area (Å²) < 4.78 is 0. The van der Waals surface area contributed by atoms with Gasteiger partial charge in [0.15, 0.2) is 0 Å². The zero-order chi connectivity index (χ0) is 33.6. The first-order valence-electron chi connectivity index (χ1n) is 18.2. The van der Waals surface area contributed by atoms with E-state index in [-0.39, 0.29) is 77.2 Å². The Morgan fingerprint density at radius 1 is 0.308 bits per heavy atom. The van der Waals surface area contributed by atoms with Gasteiger partial charge < -0.3 is 24.8 Å². The van der Waals surface area contributed by atoms with Crippen molar-refractivity contribution in [3.63, 3.8) is 0 Å². The Morgan fingerprint density at radius 3 is 0.692 bits per heavy atom. The molecule has 0 radical (unpaired) electrons. The molecule has 0 heterocycles. The molecule has 0 unspecified atom stereocenters. The maximum atomic E-state index is 2.24. The molecule has 0 aliphatic carbocycles. The van der Waals surface area contributed by atoms with Crippen LogP contribution >= 0.6 is 0 Å². The molecular formula is C48H52Cl2Zr2-2. The van der Waals surface area contributed by atoms with Crippen LogP contribution in [0.25, 0.3) is 43.1 Å². The van der Waals surface area contributed by atoms with Crippen molar-refractivity contribution in [2.75, 3.05) is 0 Å². The summed E-state index contributed by atoms with van der Waals surface area (Å²) in [5.41, 5.74) is 5.97. The predicted octanol–water partition coefficient (Wildman–Crippen LogP) is 8.05. The van der Waals surface area contributed by atoms with Gasteiger partial charge in [-0.25, -0.2) is 0 Å². The second-order valence-electron chi connectivity index (χ2n) is 12.8. The summed E-state index contributed by atoms with van der Waals surface area (Å²) in [4.78, 5) is 0. The Bertz CT molecular complexity index is 1800. The number of fused-ring (bicyclic) bond motifs is 4. The fraction of sp³-hybridized carbons (Fsp3) is 0.250. The molecule has 0 aromatic heterocycles. The van der Waals surface area contributed by atoms with Crippen LogP contribution in [0.2, 0.25) is 0 Å². The van der Waals surface area contributed by atoms with Gasteiger partial charge in [0.2, 0.25) is 0 Å². The first kappa shape index (κ1) is 47.7. The van der Waals surface area contributed by atoms with E-state index < -0.39 is 0 Å². The van der Waals surface area contributed by atoms with Crippen molar-refractivity contribution in [3.8, 4) is 0 Å². The van der Waals surface area contributed by atoms with Gasteiger partial charge in [0.1, 0.15) is 0 Å². The Kier molecular flexibility index (Phi) is 23.5. The topological polar surface area (TPSA) is 0 Å². The average Bonchev–Trinajstić information content (AvgIpc) is 3.93. The quantitative estimate of drug-likeness (QED) is 0.136. The van der Waals surface area contributed by atoms with Gasteiger partial charge in [-0.05, 0) is 0 Å². The van der Waals surface area contributed by atoms with E-state index in [2.05, 4.69) is 173 Å². The summed E-state index contributed by atoms with van der Waals surface area (Å²) >= 11 is 0. The molecule has 0 atom stereocenters. The molecule has 268 valence electrons. The molecule has 0 aliphatic heterocycles. The van der Waals surface area contributed by atoms with E-state index in [0.717, 1.165) is 0 Å². The molecule has 0 bridgehead atoms. The Labute approximate surface area is 363 Å². The van der Waals surface area contributed by atoms with Crippen molar-refractivity contribution >= 4 is 43.1 Å². The van der Waals surface area contributed by atoms with Crippen LogP contribution in [-0.2, 0) is 78.1 Å². The van der Waals surface area contributed by atoms with E-state index in [1.807, 2.05) is 0 Å². The van der Waals surface area contributed by atoms with Crippen LogP contribution in [0.15, 0.2) is 146 Å². The summed E-state index contributed by atoms with van der Waals surface area (Å²) in [7, 11) is 0. The van der Waals surface area contributed by atoms with E-state index in [0.29, 0.717) is 0 Å². The van der Waals surface area contributed by atoms with Crippen LogP contribution in [0.4, 0.5) is 0 Å². The van der Waals surface area contributed by atoms with Crippen LogP contribution in [-0.4, -0.2) is 0 Å². The zero-order valence-electron chi connectivity index (χ0n) is 31.3. The number of aryl methyl sites for hydroxylation is 4. The first-order valence-corrected chi connectivity index (χ1v) is 18.2. The van der Waals surface area contributed by atoms with E-state index >= 15 is 0 Å². The molecule has 0 nitrogen and oxygen atoms in total. The number of hydrogen-bond acceptors (Lipinski definition) is 0. The molecule has 0 spiro atoms. The zero-order valence-corrected chi connectivity index (χ0v) is 37.7. The third-order valence-electron chi connectivity index (χ3n) is 9.16. The largest absolute Gasteiger partial charge is 2.00 e. The van der Waals surface area contributed by atoms with Gasteiger partial charge in [-0.2, -0.15) is 24.3 Å². The average molecular weight is 882 g/mol. The van der Waals surface area contributed by atoms with Gasteiger partial charge in [-0.15, -0.1) is 162 Å². The first-order chi connectivity index (χ1) is 23.7. The van der Waals surface area contributed by atoms with E-state index in [4.69, 9.17) is 0 Å². The maximum absolute atomic E-state index is 2.24. The van der Waals surface area contributed by atoms with E-state index in [1.165, 1.54) is 117 Å². The third kappa shape index (κ3) is 12.9. The van der Waals surface area contributed by atoms with Gasteiger partial charge in [0.25, 0.3) is 0 Å². The molecule has 0 aliphatic rings. The normalized spacial score (nSPS) is 9.92. The summed E-state index contributed by atoms with van der Waals surface area (Å²) in [5, 5.41) is 11.2. The van der Waals surface area contributed by atoms with E-state index in [9.17, 15) is 0 Å². The predicted molar refractivity (Wildman–Crippen MR) is 214 cm³/mol. The Hall–Kier alpha value is -2.33. The standard InChI is InChI=1S/4C12H13.2ClH.2Zr/c4*1-2-5-10-8-9-11-6-3-4-7-12(10)11;;;;/h4*3-4,6-9H,2,5H2,1H3;2*1H;;/q4*-1;;;2*+2/p-2. The van der Waals surface area contributed by atoms with E-state index in [1.54, 1.807) is 0 Å². The van der Waals surface area contributed by atoms with Crippen molar-refractivity contribution in [2.45, 2.75) is 79.1 Å². The Balaban J connectivity index is 0.000000338. The minimum Gasteiger partial charge on any atom is -1.00 e. The summed E-state index contributed by atoms with van der Waals surface area (Å²) in [6, 6.07) is 52.2. The van der Waals surface area contributed by atoms with Crippen LogP contribution in [0.3, 0.4) is 0 Å². The molecule has 8 aromatic carbocycles. The van der Waals surface area contributed by atoms with Crippen molar-refractivity contribution in [2.24, 2.45) is 0 Å². The fourth-order valence-corrected chi connectivity index (χ4v) is 6.81. The molecule has 8 aromatic rings. The van der Waals surface area contributed by atoms with Crippen LogP contribution in [0.5, 0.6) is 0 Å². The van der Waals surface area contributed by atoms with Crippen LogP contribution in [0, 0.1) is 0 Å². The molecule has 8 rings (SSSR count).